The van der Waals surface area contributed by atoms with Gasteiger partial charge >= 0.3 is 0 Å². The molecule has 0 saturated carbocycles. The summed E-state index contributed by atoms with van der Waals surface area (Å²) >= 11 is 0. The first kappa shape index (κ1) is 18.0. The van der Waals surface area contributed by atoms with Crippen LogP contribution in [-0.4, -0.2) is 25.8 Å². The van der Waals surface area contributed by atoms with E-state index in [9.17, 15) is 12.8 Å². The van der Waals surface area contributed by atoms with Crippen molar-refractivity contribution in [3.63, 3.8) is 0 Å². The normalized spacial score (nSPS) is 15.8. The van der Waals surface area contributed by atoms with E-state index < -0.39 is 10.0 Å². The molecule has 25 heavy (non-hydrogen) atoms. The van der Waals surface area contributed by atoms with E-state index in [0.29, 0.717) is 18.0 Å². The van der Waals surface area contributed by atoms with Gasteiger partial charge in [-0.1, -0.05) is 25.1 Å². The molecule has 1 N–H and O–H groups in total. The van der Waals surface area contributed by atoms with Crippen LogP contribution in [0.2, 0.25) is 0 Å². The number of fused-ring (bicyclic) bond motifs is 1. The number of nitrogens with zero attached hydrogens (tertiary/aromatic N) is 1. The van der Waals surface area contributed by atoms with Gasteiger partial charge in [0.05, 0.1) is 4.90 Å². The lowest BCUT2D eigenvalue weighted by atomic mass is 10.0. The Hall–Kier alpha value is -1.76. The van der Waals surface area contributed by atoms with Crippen LogP contribution < -0.4 is 5.32 Å². The van der Waals surface area contributed by atoms with Crippen molar-refractivity contribution >= 4 is 10.0 Å². The molecule has 1 aliphatic heterocycles. The first-order valence-corrected chi connectivity index (χ1v) is 9.97. The smallest absolute Gasteiger partial charge is 0.243 e. The number of hydrogen-bond donors (Lipinski definition) is 1. The van der Waals surface area contributed by atoms with Gasteiger partial charge in [0.15, 0.2) is 0 Å². The Balaban J connectivity index is 1.94. The summed E-state index contributed by atoms with van der Waals surface area (Å²) in [4.78, 5) is 0.311. The minimum absolute atomic E-state index is 0.311. The molecule has 0 aromatic heterocycles. The molecule has 0 radical (unpaired) electrons. The molecule has 1 heterocycles. The quantitative estimate of drug-likeness (QED) is 0.888. The van der Waals surface area contributed by atoms with Gasteiger partial charge in [-0.2, -0.15) is 4.31 Å². The third kappa shape index (κ3) is 3.61. The molecule has 0 saturated heterocycles. The Labute approximate surface area is 148 Å². The van der Waals surface area contributed by atoms with Crippen LogP contribution >= 0.6 is 0 Å². The van der Waals surface area contributed by atoms with Gasteiger partial charge in [-0.3, -0.25) is 0 Å². The predicted octanol–water partition coefficient (Wildman–Crippen LogP) is 3.24. The Morgan fingerprint density at radius 1 is 1.16 bits per heavy atom. The number of hydrogen-bond acceptors (Lipinski definition) is 3. The predicted molar refractivity (Wildman–Crippen MR) is 96.2 cm³/mol. The molecule has 2 aromatic rings. The highest BCUT2D eigenvalue weighted by Gasteiger charge is 2.29. The molecule has 6 heteroatoms. The molecule has 134 valence electrons. The molecule has 0 unspecified atom stereocenters. The van der Waals surface area contributed by atoms with E-state index in [0.717, 1.165) is 24.1 Å². The topological polar surface area (TPSA) is 49.4 Å². The largest absolute Gasteiger partial charge is 0.312 e. The molecule has 0 fully saturated rings. The minimum Gasteiger partial charge on any atom is -0.312 e. The second-order valence-electron chi connectivity index (χ2n) is 6.29. The highest BCUT2D eigenvalue weighted by atomic mass is 32.2. The molecular weight excluding hydrogens is 339 g/mol. The van der Waals surface area contributed by atoms with Crippen molar-refractivity contribution in [1.82, 2.24) is 9.62 Å². The van der Waals surface area contributed by atoms with Gasteiger partial charge in [-0.05, 0) is 60.8 Å². The number of halogens is 1. The summed E-state index contributed by atoms with van der Waals surface area (Å²) in [6.45, 7) is 5.60. The van der Waals surface area contributed by atoms with Gasteiger partial charge in [0.2, 0.25) is 10.0 Å². The van der Waals surface area contributed by atoms with E-state index >= 15 is 0 Å². The highest BCUT2D eigenvalue weighted by Crippen LogP contribution is 2.29. The summed E-state index contributed by atoms with van der Waals surface area (Å²) in [7, 11) is -3.63. The van der Waals surface area contributed by atoms with Crippen molar-refractivity contribution in [1.29, 1.82) is 0 Å². The molecule has 0 amide bonds. The molecule has 0 aliphatic carbocycles. The average Bonchev–Trinajstić information content (AvgIpc) is 2.62. The summed E-state index contributed by atoms with van der Waals surface area (Å²) in [6.07, 6.45) is 0.916. The molecule has 4 nitrogen and oxygen atoms in total. The van der Waals surface area contributed by atoms with Crippen molar-refractivity contribution in [2.75, 3.05) is 13.1 Å². The van der Waals surface area contributed by atoms with Crippen LogP contribution in [0.4, 0.5) is 4.39 Å². The molecule has 2 aromatic carbocycles. The van der Waals surface area contributed by atoms with Gasteiger partial charge in [0.25, 0.3) is 0 Å². The van der Waals surface area contributed by atoms with Crippen LogP contribution in [0.5, 0.6) is 0 Å². The molecule has 3 rings (SSSR count). The standard InChI is InChI=1S/C19H23FN2O2S/c1-3-22(14(2)15-4-7-18(20)8-5-15)25(23,24)19-9-6-16-10-11-21-13-17(16)12-19/h4-9,12,14,21H,3,10-11,13H2,1-2H3/t14-/m0/s1. The van der Waals surface area contributed by atoms with Crippen LogP contribution in [0.1, 0.15) is 36.6 Å². The zero-order valence-electron chi connectivity index (χ0n) is 14.5. The maximum atomic E-state index is 13.2. The first-order valence-electron chi connectivity index (χ1n) is 8.53. The van der Waals surface area contributed by atoms with Crippen LogP contribution in [0.15, 0.2) is 47.4 Å². The maximum Gasteiger partial charge on any atom is 0.243 e. The number of rotatable bonds is 5. The van der Waals surface area contributed by atoms with Crippen molar-refractivity contribution in [3.05, 3.63) is 65.0 Å². The Kier molecular flexibility index (Phi) is 5.22. The zero-order chi connectivity index (χ0) is 18.0. The van der Waals surface area contributed by atoms with Crippen LogP contribution in [0.3, 0.4) is 0 Å². The fourth-order valence-corrected chi connectivity index (χ4v) is 4.99. The van der Waals surface area contributed by atoms with E-state index in [4.69, 9.17) is 0 Å². The van der Waals surface area contributed by atoms with Gasteiger partial charge < -0.3 is 5.32 Å². The number of sulfonamides is 1. The lowest BCUT2D eigenvalue weighted by Crippen LogP contribution is -2.34. The second-order valence-corrected chi connectivity index (χ2v) is 8.18. The maximum absolute atomic E-state index is 13.2. The van der Waals surface area contributed by atoms with E-state index in [1.54, 1.807) is 24.3 Å². The van der Waals surface area contributed by atoms with E-state index in [-0.39, 0.29) is 11.9 Å². The fraction of sp³-hybridized carbons (Fsp3) is 0.368. The number of benzene rings is 2. The summed E-state index contributed by atoms with van der Waals surface area (Å²) in [5.74, 6) is -0.330. The third-order valence-corrected chi connectivity index (χ3v) is 6.81. The first-order chi connectivity index (χ1) is 11.9. The minimum atomic E-state index is -3.63. The van der Waals surface area contributed by atoms with E-state index in [2.05, 4.69) is 5.32 Å². The van der Waals surface area contributed by atoms with Gasteiger partial charge in [-0.15, -0.1) is 0 Å². The van der Waals surface area contributed by atoms with Gasteiger partial charge in [0, 0.05) is 19.1 Å². The molecule has 0 spiro atoms. The van der Waals surface area contributed by atoms with Crippen LogP contribution in [-0.2, 0) is 23.0 Å². The van der Waals surface area contributed by atoms with E-state index in [1.165, 1.54) is 22.0 Å². The molecule has 1 aliphatic rings. The van der Waals surface area contributed by atoms with Crippen LogP contribution in [0, 0.1) is 5.82 Å². The van der Waals surface area contributed by atoms with Crippen molar-refractivity contribution in [3.8, 4) is 0 Å². The summed E-state index contributed by atoms with van der Waals surface area (Å²) in [6, 6.07) is 11.0. The monoisotopic (exact) mass is 362 g/mol. The fourth-order valence-electron chi connectivity index (χ4n) is 3.31. The zero-order valence-corrected chi connectivity index (χ0v) is 15.3. The lowest BCUT2D eigenvalue weighted by Gasteiger charge is -2.28. The van der Waals surface area contributed by atoms with Crippen LogP contribution in [0.25, 0.3) is 0 Å². The average molecular weight is 362 g/mol. The second kappa shape index (κ2) is 7.23. The Bertz CT molecular complexity index is 850. The van der Waals surface area contributed by atoms with E-state index in [1.807, 2.05) is 19.9 Å². The molecular formula is C19H23FN2O2S. The number of nitrogens with one attached hydrogen (secondary N) is 1. The van der Waals surface area contributed by atoms with Gasteiger partial charge in [0.1, 0.15) is 5.82 Å². The van der Waals surface area contributed by atoms with Crippen molar-refractivity contribution < 1.29 is 12.8 Å². The lowest BCUT2D eigenvalue weighted by molar-refractivity contribution is 0.357. The van der Waals surface area contributed by atoms with Gasteiger partial charge in [-0.25, -0.2) is 12.8 Å². The Morgan fingerprint density at radius 2 is 1.88 bits per heavy atom. The molecule has 0 bridgehead atoms. The highest BCUT2D eigenvalue weighted by molar-refractivity contribution is 7.89. The molecule has 1 atom stereocenters. The van der Waals surface area contributed by atoms with Crippen molar-refractivity contribution in [2.24, 2.45) is 0 Å². The summed E-state index contributed by atoms with van der Waals surface area (Å²) < 4.78 is 40.9. The summed E-state index contributed by atoms with van der Waals surface area (Å²) in [5, 5.41) is 3.27. The Morgan fingerprint density at radius 3 is 2.56 bits per heavy atom. The third-order valence-electron chi connectivity index (χ3n) is 4.77. The van der Waals surface area contributed by atoms with Crippen molar-refractivity contribution in [2.45, 2.75) is 37.8 Å². The summed E-state index contributed by atoms with van der Waals surface area (Å²) in [5.41, 5.74) is 3.01. The SMILES string of the molecule is CCN([C@@H](C)c1ccc(F)cc1)S(=O)(=O)c1ccc2c(c1)CNCC2.